The summed E-state index contributed by atoms with van der Waals surface area (Å²) >= 11 is 0. The van der Waals surface area contributed by atoms with Gasteiger partial charge in [0.1, 0.15) is 0 Å². The van der Waals surface area contributed by atoms with Gasteiger partial charge in [-0.1, -0.05) is 188 Å². The van der Waals surface area contributed by atoms with E-state index < -0.39 is 5.41 Å². The minimum atomic E-state index is -0.511. The molecule has 11 aromatic carbocycles. The SMILES string of the molecule is c1ccc(C2(c3ccccc3)c3cc(-c4cc5ccc6cccc7ccc(c4)c5c67)ccc3-c3c2ccc2c(-c4cccc5ccccc45)cccc32)cc1. The third kappa shape index (κ3) is 4.23. The van der Waals surface area contributed by atoms with Gasteiger partial charge in [-0.05, 0) is 128 Å². The van der Waals surface area contributed by atoms with Crippen LogP contribution in [0, 0.1) is 0 Å². The lowest BCUT2D eigenvalue weighted by molar-refractivity contribution is 0.769. The fraction of sp³-hybridized carbons (Fsp3) is 0.0182. The van der Waals surface area contributed by atoms with Gasteiger partial charge in [-0.25, -0.2) is 0 Å². The molecule has 0 saturated carbocycles. The smallest absolute Gasteiger partial charge is 0.0622 e. The molecule has 0 bridgehead atoms. The van der Waals surface area contributed by atoms with Gasteiger partial charge in [0.05, 0.1) is 5.41 Å². The summed E-state index contributed by atoms with van der Waals surface area (Å²) in [6.07, 6.45) is 0. The van der Waals surface area contributed by atoms with E-state index >= 15 is 0 Å². The van der Waals surface area contributed by atoms with E-state index in [1.54, 1.807) is 0 Å². The van der Waals surface area contributed by atoms with Crippen LogP contribution in [0.25, 0.3) is 87.2 Å². The molecule has 0 heteroatoms. The lowest BCUT2D eigenvalue weighted by Gasteiger charge is -2.34. The minimum Gasteiger partial charge on any atom is -0.0622 e. The Balaban J connectivity index is 1.16. The van der Waals surface area contributed by atoms with E-state index in [2.05, 4.69) is 206 Å². The monoisotopic (exact) mass is 694 g/mol. The minimum absolute atomic E-state index is 0.511. The van der Waals surface area contributed by atoms with Crippen LogP contribution in [-0.4, -0.2) is 0 Å². The molecule has 0 atom stereocenters. The number of fused-ring (bicyclic) bond motifs is 6. The highest BCUT2D eigenvalue weighted by atomic mass is 14.5. The first kappa shape index (κ1) is 30.4. The van der Waals surface area contributed by atoms with Crippen molar-refractivity contribution in [1.29, 1.82) is 0 Å². The standard InChI is InChI=1S/C55H34/c1-3-16-42(17-4-1)55(43-18-5-2-6-19-43)50-31-30-47-46(45-21-10-13-35-12-7-8-20-44(35)45)22-11-23-48(47)54(50)49-29-28-38(34-51(49)55)41-32-39-26-24-36-14-9-15-37-25-27-40(33-41)53(39)52(36)37/h1-34H. The van der Waals surface area contributed by atoms with Gasteiger partial charge in [0.2, 0.25) is 0 Å². The van der Waals surface area contributed by atoms with Crippen LogP contribution in [0.4, 0.5) is 0 Å². The maximum Gasteiger partial charge on any atom is 0.0714 e. The molecule has 1 aliphatic rings. The van der Waals surface area contributed by atoms with Crippen molar-refractivity contribution in [2.45, 2.75) is 5.41 Å². The second-order valence-corrected chi connectivity index (χ2v) is 15.2. The van der Waals surface area contributed by atoms with Crippen LogP contribution in [0.1, 0.15) is 22.3 Å². The van der Waals surface area contributed by atoms with E-state index in [0.717, 1.165) is 0 Å². The van der Waals surface area contributed by atoms with E-state index in [1.165, 1.54) is 109 Å². The Morgan fingerprint density at radius 1 is 0.273 bits per heavy atom. The van der Waals surface area contributed by atoms with Crippen LogP contribution >= 0.6 is 0 Å². The number of benzene rings is 11. The largest absolute Gasteiger partial charge is 0.0714 e. The van der Waals surface area contributed by atoms with Crippen LogP contribution in [0.5, 0.6) is 0 Å². The Morgan fingerprint density at radius 2 is 0.818 bits per heavy atom. The van der Waals surface area contributed by atoms with Crippen LogP contribution in [0.2, 0.25) is 0 Å². The highest BCUT2D eigenvalue weighted by Gasteiger charge is 2.47. The van der Waals surface area contributed by atoms with Gasteiger partial charge in [0, 0.05) is 0 Å². The molecule has 0 fully saturated rings. The molecule has 0 radical (unpaired) electrons. The fourth-order valence-electron chi connectivity index (χ4n) is 10.1. The average molecular weight is 695 g/mol. The summed E-state index contributed by atoms with van der Waals surface area (Å²) in [5.41, 5.74) is 12.3. The van der Waals surface area contributed by atoms with Gasteiger partial charge in [-0.15, -0.1) is 0 Å². The van der Waals surface area contributed by atoms with Crippen molar-refractivity contribution in [3.05, 3.63) is 229 Å². The molecule has 11 aromatic rings. The molecule has 0 aromatic heterocycles. The molecule has 12 rings (SSSR count). The Bertz CT molecular complexity index is 3190. The highest BCUT2D eigenvalue weighted by Crippen LogP contribution is 2.59. The van der Waals surface area contributed by atoms with Gasteiger partial charge in [-0.2, -0.15) is 0 Å². The summed E-state index contributed by atoms with van der Waals surface area (Å²) in [5.74, 6) is 0. The van der Waals surface area contributed by atoms with Gasteiger partial charge in [-0.3, -0.25) is 0 Å². The molecule has 0 N–H and O–H groups in total. The zero-order valence-electron chi connectivity index (χ0n) is 30.1. The zero-order chi connectivity index (χ0) is 36.1. The first-order valence-corrected chi connectivity index (χ1v) is 19.3. The first-order valence-electron chi connectivity index (χ1n) is 19.3. The average Bonchev–Trinajstić information content (AvgIpc) is 3.56. The Labute approximate surface area is 319 Å². The number of hydrogen-bond donors (Lipinski definition) is 0. The third-order valence-corrected chi connectivity index (χ3v) is 12.4. The van der Waals surface area contributed by atoms with E-state index in [1.807, 2.05) is 0 Å². The molecule has 55 heavy (non-hydrogen) atoms. The lowest BCUT2D eigenvalue weighted by atomic mass is 9.67. The van der Waals surface area contributed by atoms with Crippen LogP contribution in [0.15, 0.2) is 206 Å². The van der Waals surface area contributed by atoms with Crippen molar-refractivity contribution in [3.8, 4) is 33.4 Å². The van der Waals surface area contributed by atoms with Crippen LogP contribution in [0.3, 0.4) is 0 Å². The van der Waals surface area contributed by atoms with Gasteiger partial charge < -0.3 is 0 Å². The van der Waals surface area contributed by atoms with E-state index in [0.29, 0.717) is 0 Å². The maximum absolute atomic E-state index is 2.50. The molecule has 0 heterocycles. The molecule has 1 aliphatic carbocycles. The van der Waals surface area contributed by atoms with Crippen LogP contribution in [-0.2, 0) is 5.41 Å². The molecule has 0 spiro atoms. The predicted molar refractivity (Wildman–Crippen MR) is 233 cm³/mol. The van der Waals surface area contributed by atoms with Crippen LogP contribution < -0.4 is 0 Å². The Hall–Kier alpha value is -7.02. The molecule has 0 amide bonds. The molecule has 0 saturated heterocycles. The number of hydrogen-bond acceptors (Lipinski definition) is 0. The van der Waals surface area contributed by atoms with Crippen molar-refractivity contribution >= 4 is 53.9 Å². The van der Waals surface area contributed by atoms with Crippen molar-refractivity contribution in [2.24, 2.45) is 0 Å². The fourth-order valence-corrected chi connectivity index (χ4v) is 10.1. The lowest BCUT2D eigenvalue weighted by Crippen LogP contribution is -2.28. The molecule has 254 valence electrons. The molecule has 0 nitrogen and oxygen atoms in total. The normalized spacial score (nSPS) is 13.2. The molecule has 0 unspecified atom stereocenters. The second kappa shape index (κ2) is 11.5. The number of rotatable bonds is 4. The summed E-state index contributed by atoms with van der Waals surface area (Å²) < 4.78 is 0. The maximum atomic E-state index is 2.50. The predicted octanol–water partition coefficient (Wildman–Crippen LogP) is 14.6. The van der Waals surface area contributed by atoms with E-state index in [4.69, 9.17) is 0 Å². The van der Waals surface area contributed by atoms with E-state index in [9.17, 15) is 0 Å². The summed E-state index contributed by atoms with van der Waals surface area (Å²) in [7, 11) is 0. The third-order valence-electron chi connectivity index (χ3n) is 12.4. The first-order chi connectivity index (χ1) is 27.3. The van der Waals surface area contributed by atoms with Crippen molar-refractivity contribution in [2.75, 3.05) is 0 Å². The summed E-state index contributed by atoms with van der Waals surface area (Å²) in [6, 6.07) is 77.3. The highest BCUT2D eigenvalue weighted by molar-refractivity contribution is 6.24. The molecular weight excluding hydrogens is 661 g/mol. The van der Waals surface area contributed by atoms with Gasteiger partial charge >= 0.3 is 0 Å². The van der Waals surface area contributed by atoms with Crippen molar-refractivity contribution in [1.82, 2.24) is 0 Å². The topological polar surface area (TPSA) is 0 Å². The Morgan fingerprint density at radius 3 is 1.55 bits per heavy atom. The Kier molecular flexibility index (Phi) is 6.36. The summed E-state index contributed by atoms with van der Waals surface area (Å²) in [6.45, 7) is 0. The summed E-state index contributed by atoms with van der Waals surface area (Å²) in [4.78, 5) is 0. The van der Waals surface area contributed by atoms with Crippen molar-refractivity contribution in [3.63, 3.8) is 0 Å². The van der Waals surface area contributed by atoms with Gasteiger partial charge in [0.15, 0.2) is 0 Å². The van der Waals surface area contributed by atoms with Crippen molar-refractivity contribution < 1.29 is 0 Å². The summed E-state index contributed by atoms with van der Waals surface area (Å²) in [5, 5.41) is 13.0. The zero-order valence-corrected chi connectivity index (χ0v) is 30.1. The second-order valence-electron chi connectivity index (χ2n) is 15.2. The van der Waals surface area contributed by atoms with E-state index in [-0.39, 0.29) is 0 Å². The van der Waals surface area contributed by atoms with Gasteiger partial charge in [0.25, 0.3) is 0 Å². The quantitative estimate of drug-likeness (QED) is 0.161. The molecule has 0 aliphatic heterocycles. The molecular formula is C55H34.